The molecule has 0 aromatic rings. The number of nitrogens with zero attached hydrogens (tertiary/aromatic N) is 2. The van der Waals surface area contributed by atoms with E-state index in [0.717, 1.165) is 37.8 Å². The number of piperidine rings is 1. The SMILES string of the molecule is CN(C(=O)CCCC(=O)N1CCC2CCCCC2C1)C1CCCCC1. The first kappa shape index (κ1) is 18.7. The third kappa shape index (κ3) is 4.98. The van der Waals surface area contributed by atoms with Crippen molar-refractivity contribution in [3.63, 3.8) is 0 Å². The van der Waals surface area contributed by atoms with Gasteiger partial charge in [-0.1, -0.05) is 38.5 Å². The van der Waals surface area contributed by atoms with Gasteiger partial charge in [0.25, 0.3) is 0 Å². The lowest BCUT2D eigenvalue weighted by molar-refractivity contribution is -0.135. The zero-order chi connectivity index (χ0) is 17.6. The summed E-state index contributed by atoms with van der Waals surface area (Å²) in [6, 6.07) is 0.433. The zero-order valence-corrected chi connectivity index (χ0v) is 16.0. The normalized spacial score (nSPS) is 27.6. The average molecular weight is 349 g/mol. The molecule has 2 unspecified atom stereocenters. The van der Waals surface area contributed by atoms with Crippen molar-refractivity contribution >= 4 is 11.8 Å². The number of carbonyl (C=O) groups excluding carboxylic acids is 2. The van der Waals surface area contributed by atoms with Gasteiger partial charge < -0.3 is 9.80 Å². The minimum Gasteiger partial charge on any atom is -0.343 e. The molecule has 1 saturated heterocycles. The fourth-order valence-corrected chi connectivity index (χ4v) is 5.22. The van der Waals surface area contributed by atoms with E-state index in [0.29, 0.717) is 25.3 Å². The molecule has 0 N–H and O–H groups in total. The van der Waals surface area contributed by atoms with Gasteiger partial charge in [-0.05, 0) is 43.9 Å². The fraction of sp³-hybridized carbons (Fsp3) is 0.905. The van der Waals surface area contributed by atoms with Crippen LogP contribution in [0, 0.1) is 11.8 Å². The van der Waals surface area contributed by atoms with Crippen LogP contribution in [0.5, 0.6) is 0 Å². The summed E-state index contributed by atoms with van der Waals surface area (Å²) in [6.07, 6.45) is 14.5. The molecule has 2 atom stereocenters. The largest absolute Gasteiger partial charge is 0.343 e. The first-order valence-electron chi connectivity index (χ1n) is 10.7. The topological polar surface area (TPSA) is 40.6 Å². The quantitative estimate of drug-likeness (QED) is 0.754. The lowest BCUT2D eigenvalue weighted by Gasteiger charge is -2.41. The molecular weight excluding hydrogens is 312 g/mol. The van der Waals surface area contributed by atoms with Crippen molar-refractivity contribution in [1.29, 1.82) is 0 Å². The van der Waals surface area contributed by atoms with Gasteiger partial charge in [0.1, 0.15) is 0 Å². The Labute approximate surface area is 153 Å². The Bertz CT molecular complexity index is 459. The molecule has 0 bridgehead atoms. The molecule has 2 aliphatic carbocycles. The highest BCUT2D eigenvalue weighted by Crippen LogP contribution is 2.36. The smallest absolute Gasteiger partial charge is 0.222 e. The molecule has 1 aliphatic heterocycles. The van der Waals surface area contributed by atoms with E-state index in [-0.39, 0.29) is 11.8 Å². The molecule has 1 heterocycles. The Balaban J connectivity index is 1.36. The van der Waals surface area contributed by atoms with E-state index in [2.05, 4.69) is 4.90 Å². The molecule has 0 aromatic heterocycles. The number of fused-ring (bicyclic) bond motifs is 1. The van der Waals surface area contributed by atoms with Gasteiger partial charge in [-0.2, -0.15) is 0 Å². The number of carbonyl (C=O) groups is 2. The maximum absolute atomic E-state index is 12.5. The maximum atomic E-state index is 12.5. The monoisotopic (exact) mass is 348 g/mol. The van der Waals surface area contributed by atoms with Crippen LogP contribution in [0.25, 0.3) is 0 Å². The van der Waals surface area contributed by atoms with Crippen LogP contribution in [0.1, 0.15) is 83.5 Å². The van der Waals surface area contributed by atoms with E-state index >= 15 is 0 Å². The molecule has 0 aromatic carbocycles. The lowest BCUT2D eigenvalue weighted by Crippen LogP contribution is -2.44. The van der Waals surface area contributed by atoms with Crippen LogP contribution in [-0.4, -0.2) is 47.8 Å². The van der Waals surface area contributed by atoms with E-state index < -0.39 is 0 Å². The first-order valence-corrected chi connectivity index (χ1v) is 10.7. The second kappa shape index (κ2) is 9.05. The highest BCUT2D eigenvalue weighted by Gasteiger charge is 2.32. The minimum atomic E-state index is 0.227. The van der Waals surface area contributed by atoms with Gasteiger partial charge in [0.05, 0.1) is 0 Å². The molecule has 4 nitrogen and oxygen atoms in total. The van der Waals surface area contributed by atoms with Gasteiger partial charge in [0.2, 0.25) is 11.8 Å². The molecule has 2 saturated carbocycles. The Morgan fingerprint density at radius 3 is 2.32 bits per heavy atom. The molecule has 0 radical (unpaired) electrons. The molecule has 4 heteroatoms. The zero-order valence-electron chi connectivity index (χ0n) is 16.0. The predicted octanol–water partition coefficient (Wildman–Crippen LogP) is 3.99. The molecule has 0 spiro atoms. The fourth-order valence-electron chi connectivity index (χ4n) is 5.22. The third-order valence-electron chi connectivity index (χ3n) is 6.94. The van der Waals surface area contributed by atoms with Gasteiger partial charge >= 0.3 is 0 Å². The summed E-state index contributed by atoms with van der Waals surface area (Å²) in [7, 11) is 1.95. The van der Waals surface area contributed by atoms with E-state index in [1.807, 2.05) is 11.9 Å². The second-order valence-corrected chi connectivity index (χ2v) is 8.58. The Kier molecular flexibility index (Phi) is 6.77. The van der Waals surface area contributed by atoms with Crippen LogP contribution >= 0.6 is 0 Å². The van der Waals surface area contributed by atoms with Gasteiger partial charge in [-0.25, -0.2) is 0 Å². The third-order valence-corrected chi connectivity index (χ3v) is 6.94. The molecule has 2 amide bonds. The second-order valence-electron chi connectivity index (χ2n) is 8.58. The summed E-state index contributed by atoms with van der Waals surface area (Å²) in [5.41, 5.74) is 0. The molecule has 3 aliphatic rings. The summed E-state index contributed by atoms with van der Waals surface area (Å²) in [5, 5.41) is 0. The summed E-state index contributed by atoms with van der Waals surface area (Å²) in [6.45, 7) is 1.91. The van der Waals surface area contributed by atoms with Crippen molar-refractivity contribution in [3.05, 3.63) is 0 Å². The van der Waals surface area contributed by atoms with Crippen molar-refractivity contribution in [2.24, 2.45) is 11.8 Å². The summed E-state index contributed by atoms with van der Waals surface area (Å²) in [4.78, 5) is 29.0. The predicted molar refractivity (Wildman–Crippen MR) is 100 cm³/mol. The Morgan fingerprint density at radius 2 is 1.56 bits per heavy atom. The van der Waals surface area contributed by atoms with Crippen molar-refractivity contribution in [2.45, 2.75) is 89.5 Å². The number of likely N-dealkylation sites (tertiary alicyclic amines) is 1. The van der Waals surface area contributed by atoms with E-state index in [1.54, 1.807) is 0 Å². The Hall–Kier alpha value is -1.06. The number of amides is 2. The van der Waals surface area contributed by atoms with Crippen molar-refractivity contribution < 1.29 is 9.59 Å². The number of hydrogen-bond acceptors (Lipinski definition) is 2. The van der Waals surface area contributed by atoms with Crippen molar-refractivity contribution in [2.75, 3.05) is 20.1 Å². The van der Waals surface area contributed by atoms with Crippen LogP contribution in [-0.2, 0) is 9.59 Å². The highest BCUT2D eigenvalue weighted by atomic mass is 16.2. The molecule has 142 valence electrons. The van der Waals surface area contributed by atoms with Crippen molar-refractivity contribution in [1.82, 2.24) is 9.80 Å². The summed E-state index contributed by atoms with van der Waals surface area (Å²) < 4.78 is 0. The van der Waals surface area contributed by atoms with Crippen LogP contribution in [0.2, 0.25) is 0 Å². The summed E-state index contributed by atoms with van der Waals surface area (Å²) >= 11 is 0. The number of rotatable bonds is 5. The van der Waals surface area contributed by atoms with Crippen LogP contribution in [0.4, 0.5) is 0 Å². The molecule has 25 heavy (non-hydrogen) atoms. The standard InChI is InChI=1S/C21H36N2O2/c1-22(19-10-3-2-4-11-19)20(24)12-7-13-21(25)23-15-14-17-8-5-6-9-18(17)16-23/h17-19H,2-16H2,1H3. The number of hydrogen-bond donors (Lipinski definition) is 0. The summed E-state index contributed by atoms with van der Waals surface area (Å²) in [5.74, 6) is 2.11. The molecule has 3 fully saturated rings. The Morgan fingerprint density at radius 1 is 0.880 bits per heavy atom. The first-order chi connectivity index (χ1) is 12.1. The van der Waals surface area contributed by atoms with Crippen LogP contribution < -0.4 is 0 Å². The van der Waals surface area contributed by atoms with E-state index in [4.69, 9.17) is 0 Å². The van der Waals surface area contributed by atoms with E-state index in [1.165, 1.54) is 51.4 Å². The van der Waals surface area contributed by atoms with Crippen molar-refractivity contribution in [3.8, 4) is 0 Å². The average Bonchev–Trinajstić information content (AvgIpc) is 2.67. The van der Waals surface area contributed by atoms with Gasteiger partial charge in [0, 0.05) is 39.0 Å². The van der Waals surface area contributed by atoms with Gasteiger partial charge in [0.15, 0.2) is 0 Å². The maximum Gasteiger partial charge on any atom is 0.222 e. The minimum absolute atomic E-state index is 0.227. The lowest BCUT2D eigenvalue weighted by atomic mass is 9.75. The van der Waals surface area contributed by atoms with Crippen LogP contribution in [0.15, 0.2) is 0 Å². The molecular formula is C21H36N2O2. The van der Waals surface area contributed by atoms with Gasteiger partial charge in [-0.3, -0.25) is 9.59 Å². The highest BCUT2D eigenvalue weighted by molar-refractivity contribution is 5.79. The molecule has 3 rings (SSSR count). The van der Waals surface area contributed by atoms with Crippen LogP contribution in [0.3, 0.4) is 0 Å². The van der Waals surface area contributed by atoms with E-state index in [9.17, 15) is 9.59 Å². The van der Waals surface area contributed by atoms with Gasteiger partial charge in [-0.15, -0.1) is 0 Å².